The van der Waals surface area contributed by atoms with E-state index in [0.717, 1.165) is 11.3 Å². The van der Waals surface area contributed by atoms with Crippen LogP contribution in [-0.2, 0) is 0 Å². The Kier molecular flexibility index (Phi) is 6.07. The highest BCUT2D eigenvalue weighted by atomic mass is 35.5. The molecular formula is C18H15ClN4O4S. The molecule has 0 radical (unpaired) electrons. The smallest absolute Gasteiger partial charge is 0.315 e. The van der Waals surface area contributed by atoms with E-state index in [1.807, 2.05) is 17.5 Å². The van der Waals surface area contributed by atoms with Crippen LogP contribution in [0.4, 0.5) is 10.8 Å². The normalized spacial score (nSPS) is 10.9. The topological polar surface area (TPSA) is 110 Å². The van der Waals surface area contributed by atoms with Gasteiger partial charge in [-0.15, -0.1) is 11.3 Å². The van der Waals surface area contributed by atoms with Crippen LogP contribution in [0.2, 0.25) is 5.02 Å². The summed E-state index contributed by atoms with van der Waals surface area (Å²) in [6.45, 7) is 1.98. The summed E-state index contributed by atoms with van der Waals surface area (Å²) in [5.74, 6) is -0.484. The van der Waals surface area contributed by atoms with Crippen LogP contribution in [-0.4, -0.2) is 27.8 Å². The largest absolute Gasteiger partial charge is 0.500 e. The molecule has 28 heavy (non-hydrogen) atoms. The predicted molar refractivity (Wildman–Crippen MR) is 110 cm³/mol. The number of hydrogen-bond donors (Lipinski definition) is 2. The fourth-order valence-corrected chi connectivity index (χ4v) is 3.13. The number of aromatic nitrogens is 1. The number of rotatable bonds is 7. The second-order valence-electron chi connectivity index (χ2n) is 5.49. The van der Waals surface area contributed by atoms with Crippen LogP contribution in [0.15, 0.2) is 46.9 Å². The van der Waals surface area contributed by atoms with Gasteiger partial charge in [0, 0.05) is 27.6 Å². The zero-order valence-electron chi connectivity index (χ0n) is 14.6. The van der Waals surface area contributed by atoms with Crippen LogP contribution in [0, 0.1) is 10.1 Å². The number of thiazole rings is 1. The van der Waals surface area contributed by atoms with Gasteiger partial charge in [-0.25, -0.2) is 4.98 Å². The molecule has 10 heteroatoms. The van der Waals surface area contributed by atoms with Crippen LogP contribution in [0.3, 0.4) is 0 Å². The molecule has 0 saturated heterocycles. The Hall–Kier alpha value is -3.17. The first-order chi connectivity index (χ1) is 13.5. The standard InChI is InChI=1S/C18H15ClN4O4S/c1-2-27-16-8-11(7-15(17(16)24)23(25)26)9-20-22-18-21-14(10-28-18)12-3-5-13(19)6-4-12/h3-10,24H,2H2,1H3,(H,21,22)/b20-9-. The number of phenolic OH excluding ortho intramolecular Hbond substituents is 1. The second-order valence-corrected chi connectivity index (χ2v) is 6.79. The van der Waals surface area contributed by atoms with E-state index in [4.69, 9.17) is 16.3 Å². The van der Waals surface area contributed by atoms with Crippen molar-refractivity contribution in [3.63, 3.8) is 0 Å². The van der Waals surface area contributed by atoms with Crippen molar-refractivity contribution in [3.05, 3.63) is 62.5 Å². The predicted octanol–water partition coefficient (Wildman–Crippen LogP) is 4.92. The van der Waals surface area contributed by atoms with Gasteiger partial charge >= 0.3 is 5.69 Å². The van der Waals surface area contributed by atoms with Crippen molar-refractivity contribution < 1.29 is 14.8 Å². The molecule has 0 saturated carbocycles. The van der Waals surface area contributed by atoms with Crippen molar-refractivity contribution in [2.45, 2.75) is 6.92 Å². The van der Waals surface area contributed by atoms with Gasteiger partial charge in [0.1, 0.15) is 0 Å². The number of nitro groups is 1. The lowest BCUT2D eigenvalue weighted by Gasteiger charge is -2.07. The van der Waals surface area contributed by atoms with Gasteiger partial charge in [0.05, 0.1) is 23.4 Å². The molecule has 3 aromatic rings. The van der Waals surface area contributed by atoms with Gasteiger partial charge < -0.3 is 9.84 Å². The maximum absolute atomic E-state index is 11.1. The van der Waals surface area contributed by atoms with Crippen LogP contribution >= 0.6 is 22.9 Å². The second kappa shape index (κ2) is 8.68. The number of benzene rings is 2. The highest BCUT2D eigenvalue weighted by Crippen LogP contribution is 2.36. The minimum absolute atomic E-state index is 0.0254. The number of halogens is 1. The third-order valence-corrected chi connectivity index (χ3v) is 4.59. The van der Waals surface area contributed by atoms with Crippen molar-refractivity contribution >= 4 is 40.0 Å². The first kappa shape index (κ1) is 19.6. The van der Waals surface area contributed by atoms with Crippen molar-refractivity contribution in [2.75, 3.05) is 12.0 Å². The summed E-state index contributed by atoms with van der Waals surface area (Å²) >= 11 is 7.25. The van der Waals surface area contributed by atoms with Gasteiger partial charge in [-0.3, -0.25) is 15.5 Å². The highest BCUT2D eigenvalue weighted by Gasteiger charge is 2.19. The summed E-state index contributed by atoms with van der Waals surface area (Å²) in [4.78, 5) is 14.8. The van der Waals surface area contributed by atoms with Gasteiger partial charge in [0.15, 0.2) is 5.75 Å². The lowest BCUT2D eigenvalue weighted by molar-refractivity contribution is -0.386. The molecular weight excluding hydrogens is 404 g/mol. The van der Waals surface area contributed by atoms with Crippen molar-refractivity contribution in [1.82, 2.24) is 4.98 Å². The van der Waals surface area contributed by atoms with Crippen molar-refractivity contribution in [1.29, 1.82) is 0 Å². The molecule has 0 bridgehead atoms. The maximum Gasteiger partial charge on any atom is 0.315 e. The summed E-state index contributed by atoms with van der Waals surface area (Å²) in [5, 5.41) is 28.1. The fraction of sp³-hybridized carbons (Fsp3) is 0.111. The van der Waals surface area contributed by atoms with E-state index in [1.165, 1.54) is 29.7 Å². The average molecular weight is 419 g/mol. The Morgan fingerprint density at radius 3 is 2.82 bits per heavy atom. The number of nitrogens with zero attached hydrogens (tertiary/aromatic N) is 3. The van der Waals surface area contributed by atoms with Crippen LogP contribution < -0.4 is 10.2 Å². The van der Waals surface area contributed by atoms with Gasteiger partial charge in [0.25, 0.3) is 0 Å². The van der Waals surface area contributed by atoms with Crippen LogP contribution in [0.5, 0.6) is 11.5 Å². The van der Waals surface area contributed by atoms with E-state index in [-0.39, 0.29) is 12.4 Å². The number of aromatic hydroxyl groups is 1. The number of phenols is 1. The van der Waals surface area contributed by atoms with E-state index in [2.05, 4.69) is 15.5 Å². The molecule has 8 nitrogen and oxygen atoms in total. The van der Waals surface area contributed by atoms with Crippen LogP contribution in [0.25, 0.3) is 11.3 Å². The molecule has 0 amide bonds. The number of hydrogen-bond acceptors (Lipinski definition) is 8. The SMILES string of the molecule is CCOc1cc(/C=N\Nc2nc(-c3ccc(Cl)cc3)cs2)cc([N+](=O)[O-])c1O. The van der Waals surface area contributed by atoms with E-state index in [1.54, 1.807) is 19.1 Å². The van der Waals surface area contributed by atoms with Gasteiger partial charge in [-0.1, -0.05) is 23.7 Å². The molecule has 0 fully saturated rings. The average Bonchev–Trinajstić information content (AvgIpc) is 3.13. The Bertz CT molecular complexity index is 1020. The summed E-state index contributed by atoms with van der Waals surface area (Å²) in [5.41, 5.74) is 4.43. The lowest BCUT2D eigenvalue weighted by Crippen LogP contribution is -1.98. The minimum atomic E-state index is -0.679. The zero-order valence-corrected chi connectivity index (χ0v) is 16.2. The molecule has 2 N–H and O–H groups in total. The third kappa shape index (κ3) is 4.56. The van der Waals surface area contributed by atoms with E-state index in [0.29, 0.717) is 15.7 Å². The van der Waals surface area contributed by atoms with Gasteiger partial charge in [-0.2, -0.15) is 5.10 Å². The van der Waals surface area contributed by atoms with Crippen molar-refractivity contribution in [2.24, 2.45) is 5.10 Å². The Labute approximate surface area is 169 Å². The first-order valence-electron chi connectivity index (χ1n) is 8.12. The molecule has 0 spiro atoms. The number of anilines is 1. The van der Waals surface area contributed by atoms with Gasteiger partial charge in [0.2, 0.25) is 10.9 Å². The fourth-order valence-electron chi connectivity index (χ4n) is 2.33. The molecule has 2 aromatic carbocycles. The third-order valence-electron chi connectivity index (χ3n) is 3.59. The molecule has 144 valence electrons. The molecule has 0 atom stereocenters. The molecule has 1 aromatic heterocycles. The summed E-state index contributed by atoms with van der Waals surface area (Å²) in [7, 11) is 0. The summed E-state index contributed by atoms with van der Waals surface area (Å²) in [6.07, 6.45) is 1.39. The van der Waals surface area contributed by atoms with Crippen molar-refractivity contribution in [3.8, 4) is 22.8 Å². The summed E-state index contributed by atoms with van der Waals surface area (Å²) < 4.78 is 5.24. The highest BCUT2D eigenvalue weighted by molar-refractivity contribution is 7.14. The van der Waals surface area contributed by atoms with E-state index < -0.39 is 16.4 Å². The number of nitrogens with one attached hydrogen (secondary N) is 1. The summed E-state index contributed by atoms with van der Waals surface area (Å²) in [6, 6.07) is 10.00. The Balaban J connectivity index is 1.76. The van der Waals surface area contributed by atoms with Crippen LogP contribution in [0.1, 0.15) is 12.5 Å². The molecule has 3 rings (SSSR count). The Morgan fingerprint density at radius 1 is 1.39 bits per heavy atom. The van der Waals surface area contributed by atoms with E-state index in [9.17, 15) is 15.2 Å². The molecule has 0 aliphatic heterocycles. The first-order valence-corrected chi connectivity index (χ1v) is 9.38. The molecule has 0 unspecified atom stereocenters. The van der Waals surface area contributed by atoms with Gasteiger partial charge in [-0.05, 0) is 25.1 Å². The monoisotopic (exact) mass is 418 g/mol. The quantitative estimate of drug-likeness (QED) is 0.320. The lowest BCUT2D eigenvalue weighted by atomic mass is 10.2. The maximum atomic E-state index is 11.1. The Morgan fingerprint density at radius 2 is 2.14 bits per heavy atom. The number of ether oxygens (including phenoxy) is 1. The minimum Gasteiger partial charge on any atom is -0.500 e. The molecule has 0 aliphatic carbocycles. The number of hydrazone groups is 1. The zero-order chi connectivity index (χ0) is 20.1. The number of nitro benzene ring substituents is 1. The molecule has 0 aliphatic rings. The van der Waals surface area contributed by atoms with E-state index >= 15 is 0 Å². The molecule has 1 heterocycles.